The summed E-state index contributed by atoms with van der Waals surface area (Å²) in [5, 5.41) is 8.61. The second-order valence-electron chi connectivity index (χ2n) is 4.35. The zero-order valence-electron chi connectivity index (χ0n) is 11.9. The number of rotatable bonds is 7. The largest absolute Gasteiger partial charge is 0.497 e. The molecule has 0 heterocycles. The zero-order chi connectivity index (χ0) is 14.9. The van der Waals surface area contributed by atoms with Gasteiger partial charge < -0.3 is 9.47 Å². The van der Waals surface area contributed by atoms with Crippen molar-refractivity contribution in [1.82, 2.24) is 0 Å². The van der Waals surface area contributed by atoms with Crippen LogP contribution in [0.1, 0.15) is 5.56 Å². The molecule has 0 aliphatic rings. The molecule has 2 aromatic carbocycles. The van der Waals surface area contributed by atoms with Crippen molar-refractivity contribution in [3.63, 3.8) is 0 Å². The minimum Gasteiger partial charge on any atom is -0.497 e. The normalized spacial score (nSPS) is 9.90. The fourth-order valence-corrected chi connectivity index (χ4v) is 2.52. The van der Waals surface area contributed by atoms with Crippen LogP contribution in [0.15, 0.2) is 53.4 Å². The van der Waals surface area contributed by atoms with Gasteiger partial charge >= 0.3 is 0 Å². The molecule has 108 valence electrons. The highest BCUT2D eigenvalue weighted by atomic mass is 32.2. The van der Waals surface area contributed by atoms with Gasteiger partial charge in [0.15, 0.2) is 0 Å². The summed E-state index contributed by atoms with van der Waals surface area (Å²) in [5.41, 5.74) is 1.01. The Morgan fingerprint density at radius 3 is 2.29 bits per heavy atom. The first kappa shape index (κ1) is 15.3. The van der Waals surface area contributed by atoms with Crippen LogP contribution < -0.4 is 9.47 Å². The van der Waals surface area contributed by atoms with Gasteiger partial charge in [0.1, 0.15) is 11.5 Å². The van der Waals surface area contributed by atoms with Crippen molar-refractivity contribution in [1.29, 1.82) is 5.26 Å². The van der Waals surface area contributed by atoms with E-state index < -0.39 is 0 Å². The smallest absolute Gasteiger partial charge is 0.119 e. The second-order valence-corrected chi connectivity index (χ2v) is 5.52. The number of ether oxygens (including phenoxy) is 2. The van der Waals surface area contributed by atoms with Gasteiger partial charge in [0, 0.05) is 10.6 Å². The predicted molar refractivity (Wildman–Crippen MR) is 85.0 cm³/mol. The number of hydrogen-bond donors (Lipinski definition) is 0. The summed E-state index contributed by atoms with van der Waals surface area (Å²) in [5.74, 6) is 2.59. The molecule has 0 fully saturated rings. The average Bonchev–Trinajstić information content (AvgIpc) is 2.54. The molecule has 0 amide bonds. The van der Waals surface area contributed by atoms with E-state index in [2.05, 4.69) is 6.07 Å². The van der Waals surface area contributed by atoms with Crippen LogP contribution in [0, 0.1) is 11.3 Å². The lowest BCUT2D eigenvalue weighted by atomic mass is 10.2. The van der Waals surface area contributed by atoms with Gasteiger partial charge in [-0.25, -0.2) is 0 Å². The molecule has 0 aliphatic heterocycles. The molecule has 0 saturated carbocycles. The third-order valence-electron chi connectivity index (χ3n) is 2.89. The van der Waals surface area contributed by atoms with Crippen molar-refractivity contribution in [3.05, 3.63) is 54.1 Å². The number of hydrogen-bond acceptors (Lipinski definition) is 4. The molecule has 0 aromatic heterocycles. The maximum atomic E-state index is 8.61. The van der Waals surface area contributed by atoms with Gasteiger partial charge in [0.25, 0.3) is 0 Å². The van der Waals surface area contributed by atoms with Crippen LogP contribution in [-0.4, -0.2) is 19.5 Å². The average molecular weight is 299 g/mol. The lowest BCUT2D eigenvalue weighted by Gasteiger charge is -2.07. The van der Waals surface area contributed by atoms with Gasteiger partial charge in [-0.2, -0.15) is 5.26 Å². The molecule has 0 saturated heterocycles. The molecule has 0 bridgehead atoms. The Morgan fingerprint density at radius 2 is 1.67 bits per heavy atom. The highest BCUT2D eigenvalue weighted by Crippen LogP contribution is 2.21. The number of thioether (sulfide) groups is 1. The van der Waals surface area contributed by atoms with Gasteiger partial charge in [-0.05, 0) is 42.0 Å². The van der Waals surface area contributed by atoms with Crippen LogP contribution in [0.3, 0.4) is 0 Å². The number of benzene rings is 2. The number of nitrogens with zero attached hydrogens (tertiary/aromatic N) is 1. The Balaban J connectivity index is 1.72. The van der Waals surface area contributed by atoms with E-state index in [0.29, 0.717) is 13.0 Å². The molecule has 2 aromatic rings. The van der Waals surface area contributed by atoms with E-state index in [-0.39, 0.29) is 0 Å². The molecule has 3 nitrogen and oxygen atoms in total. The summed E-state index contributed by atoms with van der Waals surface area (Å²) in [4.78, 5) is 1.20. The Hall–Kier alpha value is -2.12. The van der Waals surface area contributed by atoms with Crippen LogP contribution in [0.2, 0.25) is 0 Å². The summed E-state index contributed by atoms with van der Waals surface area (Å²) in [6.07, 6.45) is 0.438. The highest BCUT2D eigenvalue weighted by Gasteiger charge is 1.98. The van der Waals surface area contributed by atoms with Crippen LogP contribution in [0.25, 0.3) is 0 Å². The minimum absolute atomic E-state index is 0.438. The molecule has 0 unspecified atom stereocenters. The van der Waals surface area contributed by atoms with E-state index in [9.17, 15) is 0 Å². The van der Waals surface area contributed by atoms with E-state index in [4.69, 9.17) is 14.7 Å². The summed E-state index contributed by atoms with van der Waals surface area (Å²) in [7, 11) is 1.66. The Morgan fingerprint density at radius 1 is 1.00 bits per heavy atom. The molecular weight excluding hydrogens is 282 g/mol. The number of nitriles is 1. The first-order valence-electron chi connectivity index (χ1n) is 6.67. The molecule has 0 aliphatic carbocycles. The minimum atomic E-state index is 0.438. The molecule has 0 radical (unpaired) electrons. The Kier molecular flexibility index (Phi) is 5.99. The topological polar surface area (TPSA) is 42.2 Å². The van der Waals surface area contributed by atoms with Gasteiger partial charge in [-0.3, -0.25) is 0 Å². The van der Waals surface area contributed by atoms with Crippen LogP contribution in [-0.2, 0) is 6.42 Å². The van der Waals surface area contributed by atoms with Crippen molar-refractivity contribution in [2.75, 3.05) is 19.5 Å². The summed E-state index contributed by atoms with van der Waals surface area (Å²) >= 11 is 1.75. The first-order valence-corrected chi connectivity index (χ1v) is 7.66. The lowest BCUT2D eigenvalue weighted by Crippen LogP contribution is -2.00. The Bertz CT molecular complexity index is 588. The van der Waals surface area contributed by atoms with Crippen molar-refractivity contribution < 1.29 is 9.47 Å². The number of methoxy groups -OCH3 is 1. The van der Waals surface area contributed by atoms with Gasteiger partial charge in [-0.1, -0.05) is 12.1 Å². The first-order chi connectivity index (χ1) is 10.3. The predicted octanol–water partition coefficient (Wildman–Crippen LogP) is 3.93. The van der Waals surface area contributed by atoms with Crippen molar-refractivity contribution in [3.8, 4) is 17.6 Å². The molecule has 0 spiro atoms. The van der Waals surface area contributed by atoms with E-state index in [1.165, 1.54) is 4.90 Å². The molecule has 2 rings (SSSR count). The lowest BCUT2D eigenvalue weighted by molar-refractivity contribution is 0.344. The van der Waals surface area contributed by atoms with Crippen molar-refractivity contribution in [2.45, 2.75) is 11.3 Å². The molecular formula is C17H17NO2S. The fraction of sp³-hybridized carbons (Fsp3) is 0.235. The monoisotopic (exact) mass is 299 g/mol. The maximum absolute atomic E-state index is 8.61. The van der Waals surface area contributed by atoms with Gasteiger partial charge in [0.05, 0.1) is 26.2 Å². The highest BCUT2D eigenvalue weighted by molar-refractivity contribution is 7.99. The molecule has 0 N–H and O–H groups in total. The Labute approximate surface area is 129 Å². The fourth-order valence-electron chi connectivity index (χ4n) is 1.79. The molecule has 0 atom stereocenters. The van der Waals surface area contributed by atoms with Crippen LogP contribution >= 0.6 is 11.8 Å². The van der Waals surface area contributed by atoms with Crippen molar-refractivity contribution >= 4 is 11.8 Å². The second kappa shape index (κ2) is 8.23. The van der Waals surface area contributed by atoms with E-state index in [1.54, 1.807) is 18.9 Å². The summed E-state index contributed by atoms with van der Waals surface area (Å²) in [6.45, 7) is 0.647. The summed E-state index contributed by atoms with van der Waals surface area (Å²) in [6, 6.07) is 17.8. The standard InChI is InChI=1S/C17H17NO2S/c1-19-15-6-8-17(9-7-15)21-13-12-20-16-4-2-14(3-5-16)10-11-18/h2-9H,10,12-13H2,1H3. The molecule has 4 heteroatoms. The maximum Gasteiger partial charge on any atom is 0.119 e. The van der Waals surface area contributed by atoms with E-state index in [1.807, 2.05) is 48.5 Å². The zero-order valence-corrected chi connectivity index (χ0v) is 12.7. The van der Waals surface area contributed by atoms with Crippen molar-refractivity contribution in [2.24, 2.45) is 0 Å². The third kappa shape index (κ3) is 5.05. The SMILES string of the molecule is COc1ccc(SCCOc2ccc(CC#N)cc2)cc1. The van der Waals surface area contributed by atoms with Crippen LogP contribution in [0.4, 0.5) is 0 Å². The summed E-state index contributed by atoms with van der Waals surface area (Å²) < 4.78 is 10.8. The molecule has 21 heavy (non-hydrogen) atoms. The quantitative estimate of drug-likeness (QED) is 0.574. The van der Waals surface area contributed by atoms with Gasteiger partial charge in [0.2, 0.25) is 0 Å². The van der Waals surface area contributed by atoms with Gasteiger partial charge in [-0.15, -0.1) is 11.8 Å². The third-order valence-corrected chi connectivity index (χ3v) is 3.86. The van der Waals surface area contributed by atoms with E-state index in [0.717, 1.165) is 22.8 Å². The van der Waals surface area contributed by atoms with E-state index >= 15 is 0 Å². The van der Waals surface area contributed by atoms with Crippen LogP contribution in [0.5, 0.6) is 11.5 Å².